The fourth-order valence-electron chi connectivity index (χ4n) is 8.42. The zero-order chi connectivity index (χ0) is 48.4. The van der Waals surface area contributed by atoms with Crippen molar-refractivity contribution in [2.45, 2.75) is 177 Å². The highest BCUT2D eigenvalue weighted by atomic mass is 16.7. The molecule has 3 amide bonds. The van der Waals surface area contributed by atoms with Gasteiger partial charge in [-0.1, -0.05) is 31.4 Å². The van der Waals surface area contributed by atoms with Crippen molar-refractivity contribution in [3.05, 3.63) is 24.3 Å². The van der Waals surface area contributed by atoms with E-state index in [1.165, 1.54) is 27.7 Å². The Morgan fingerprint density at radius 3 is 1.88 bits per heavy atom. The molecule has 0 aliphatic carbocycles. The molecule has 4 rings (SSSR count). The summed E-state index contributed by atoms with van der Waals surface area (Å²) in [4.78, 5) is 50.5. The van der Waals surface area contributed by atoms with Crippen molar-refractivity contribution in [1.82, 2.24) is 10.6 Å². The van der Waals surface area contributed by atoms with Crippen LogP contribution in [-0.2, 0) is 47.6 Å². The van der Waals surface area contributed by atoms with E-state index in [-0.39, 0.29) is 0 Å². The molecule has 22 nitrogen and oxygen atoms in total. The van der Waals surface area contributed by atoms with Crippen LogP contribution < -0.4 is 21.4 Å². The van der Waals surface area contributed by atoms with E-state index in [1.807, 2.05) is 0 Å². The second-order valence-corrected chi connectivity index (χ2v) is 18.4. The summed E-state index contributed by atoms with van der Waals surface area (Å²) in [6.07, 6.45) is -24.8. The zero-order valence-corrected chi connectivity index (χ0v) is 37.6. The molecule has 3 saturated heterocycles. The summed E-state index contributed by atoms with van der Waals surface area (Å²) >= 11 is 0. The monoisotopic (exact) mass is 915 g/mol. The second-order valence-electron chi connectivity index (χ2n) is 18.4. The van der Waals surface area contributed by atoms with Crippen LogP contribution in [0.3, 0.4) is 0 Å². The molecule has 0 aromatic heterocycles. The number of hydrogen-bond acceptors (Lipinski definition) is 18. The molecule has 23 heteroatoms. The van der Waals surface area contributed by atoms with E-state index in [0.29, 0.717) is 5.69 Å². The topological polar surface area (TPSA) is 342 Å². The van der Waals surface area contributed by atoms with Crippen molar-refractivity contribution in [3.8, 4) is 0 Å². The number of carbonyl (C=O) groups is 4. The summed E-state index contributed by atoms with van der Waals surface area (Å²) in [5, 5.41) is 105. The molecule has 17 atom stereocenters. The van der Waals surface area contributed by atoms with Gasteiger partial charge in [0.1, 0.15) is 68.9 Å². The molecule has 64 heavy (non-hydrogen) atoms. The number of carboxylic acids is 1. The van der Waals surface area contributed by atoms with E-state index in [1.54, 1.807) is 59.8 Å². The standard InChI is InChI=1S/C41H66BN3O19/c1-16(25(50)37(57)58)63-40(6,7)35-24(44-18(3)49)28(53)31(22(15-47)60-35)61-38-30(55)29(54)32(33(62-38)36(56)45-20-12-10-11-19(42)13-20)64-41(8,9)39(4,5)34-23(43-17(2)48)27(52)26(51)21(14-46)59-34/h10-13,16,21-35,38,46-47,50-55H,14-15,42H2,1-9H3,(H,43,48)(H,44,49)(H,45,56)(H,57,58)/t16-,21?,22?,23?,24?,25?,26+,27?,28?,29?,30?,31+,32-,33?,34+,35+,38+/m0/s1. The van der Waals surface area contributed by atoms with E-state index in [4.69, 9.17) is 28.4 Å². The molecular formula is C41H66BN3O19. The number of aliphatic carboxylic acids is 1. The minimum atomic E-state index is -2.05. The van der Waals surface area contributed by atoms with Crippen molar-refractivity contribution in [2.24, 2.45) is 5.41 Å². The number of carbonyl (C=O) groups excluding carboxylic acids is 3. The quantitative estimate of drug-likeness (QED) is 0.0652. The second kappa shape index (κ2) is 21.1. The number of aliphatic hydroxyl groups is 8. The summed E-state index contributed by atoms with van der Waals surface area (Å²) in [5.41, 5.74) is -3.36. The molecule has 1 aromatic carbocycles. The molecule has 362 valence electrons. The SMILES string of the molecule is Bc1cccc(NC(=O)C2O[C@@H](O[C@@H]3C(CO)O[C@@H](C(C)(C)O[C@@H](C)C(O)C(=O)O)C(NC(C)=O)C3O)C(O)C(O)[C@@H]2OC(C)(C)C(C)(C)[C@@H]2OC(CO)[C@@H](O)C(O)C2NC(C)=O)c1. The van der Waals surface area contributed by atoms with Crippen LogP contribution in [0.2, 0.25) is 0 Å². The summed E-state index contributed by atoms with van der Waals surface area (Å²) in [6, 6.07) is 4.05. The van der Waals surface area contributed by atoms with Crippen molar-refractivity contribution < 1.29 is 93.6 Å². The van der Waals surface area contributed by atoms with Crippen LogP contribution in [0.4, 0.5) is 5.69 Å². The minimum Gasteiger partial charge on any atom is -0.479 e. The first kappa shape index (κ1) is 53.2. The van der Waals surface area contributed by atoms with Gasteiger partial charge in [0.05, 0.1) is 48.7 Å². The first-order chi connectivity index (χ1) is 29.6. The van der Waals surface area contributed by atoms with Gasteiger partial charge in [0.25, 0.3) is 5.91 Å². The Bertz CT molecular complexity index is 1790. The summed E-state index contributed by atoms with van der Waals surface area (Å²) in [5.74, 6) is -3.69. The van der Waals surface area contributed by atoms with Gasteiger partial charge in [0, 0.05) is 24.9 Å². The van der Waals surface area contributed by atoms with Crippen molar-refractivity contribution in [3.63, 3.8) is 0 Å². The Morgan fingerprint density at radius 1 is 0.781 bits per heavy atom. The molecule has 0 radical (unpaired) electrons. The third-order valence-corrected chi connectivity index (χ3v) is 12.5. The van der Waals surface area contributed by atoms with Crippen LogP contribution >= 0.6 is 0 Å². The molecule has 3 aliphatic rings. The van der Waals surface area contributed by atoms with Gasteiger partial charge in [-0.15, -0.1) is 0 Å². The summed E-state index contributed by atoms with van der Waals surface area (Å²) < 4.78 is 36.9. The van der Waals surface area contributed by atoms with Gasteiger partial charge in [0.2, 0.25) is 11.8 Å². The Hall–Kier alpha value is -3.40. The number of carboxylic acid groups (broad SMARTS) is 1. The van der Waals surface area contributed by atoms with Crippen molar-refractivity contribution in [2.75, 3.05) is 18.5 Å². The highest BCUT2D eigenvalue weighted by Gasteiger charge is 2.60. The highest BCUT2D eigenvalue weighted by molar-refractivity contribution is 6.32. The molecule has 3 fully saturated rings. The van der Waals surface area contributed by atoms with Gasteiger partial charge in [-0.2, -0.15) is 0 Å². The Morgan fingerprint density at radius 2 is 1.34 bits per heavy atom. The van der Waals surface area contributed by atoms with Gasteiger partial charge in [-0.05, 0) is 46.8 Å². The Balaban J connectivity index is 1.71. The third kappa shape index (κ3) is 11.6. The predicted molar refractivity (Wildman–Crippen MR) is 225 cm³/mol. The Kier molecular flexibility index (Phi) is 17.5. The number of hydrogen-bond donors (Lipinski definition) is 12. The maximum atomic E-state index is 14.3. The minimum absolute atomic E-state index is 0.317. The molecular weight excluding hydrogens is 849 g/mol. The van der Waals surface area contributed by atoms with Gasteiger partial charge in [-0.25, -0.2) is 4.79 Å². The lowest BCUT2D eigenvalue weighted by Gasteiger charge is -2.55. The number of aliphatic hydroxyl groups excluding tert-OH is 8. The fourth-order valence-corrected chi connectivity index (χ4v) is 8.42. The van der Waals surface area contributed by atoms with Gasteiger partial charge in [0.15, 0.2) is 18.5 Å². The van der Waals surface area contributed by atoms with Gasteiger partial charge >= 0.3 is 5.97 Å². The average Bonchev–Trinajstić information content (AvgIpc) is 3.19. The normalized spacial score (nSPS) is 34.9. The van der Waals surface area contributed by atoms with Crippen LogP contribution in [0, 0.1) is 5.41 Å². The van der Waals surface area contributed by atoms with E-state index in [2.05, 4.69) is 16.0 Å². The van der Waals surface area contributed by atoms with E-state index < -0.39 is 157 Å². The summed E-state index contributed by atoms with van der Waals surface area (Å²) in [6.45, 7) is 11.3. The van der Waals surface area contributed by atoms with Crippen molar-refractivity contribution in [1.29, 1.82) is 0 Å². The average molecular weight is 916 g/mol. The number of ether oxygens (including phenoxy) is 6. The lowest BCUT2D eigenvalue weighted by atomic mass is 9.67. The van der Waals surface area contributed by atoms with Crippen LogP contribution in [0.1, 0.15) is 62.3 Å². The summed E-state index contributed by atoms with van der Waals surface area (Å²) in [7, 11) is 1.78. The first-order valence-electron chi connectivity index (χ1n) is 21.0. The van der Waals surface area contributed by atoms with Crippen molar-refractivity contribution >= 4 is 42.7 Å². The third-order valence-electron chi connectivity index (χ3n) is 12.5. The number of rotatable bonds is 17. The largest absolute Gasteiger partial charge is 0.479 e. The van der Waals surface area contributed by atoms with E-state index >= 15 is 0 Å². The number of amides is 3. The van der Waals surface area contributed by atoms with E-state index in [9.17, 15) is 65.1 Å². The predicted octanol–water partition coefficient (Wildman–Crippen LogP) is -4.85. The molecule has 1 aromatic rings. The van der Waals surface area contributed by atoms with Gasteiger partial charge < -0.3 is 90.3 Å². The molecule has 10 unspecified atom stereocenters. The Labute approximate surface area is 371 Å². The number of benzene rings is 1. The fraction of sp³-hybridized carbons (Fsp3) is 0.756. The molecule has 3 aliphatic heterocycles. The highest BCUT2D eigenvalue weighted by Crippen LogP contribution is 2.45. The molecule has 0 spiro atoms. The van der Waals surface area contributed by atoms with Crippen LogP contribution in [-0.4, -0.2) is 206 Å². The lowest BCUT2D eigenvalue weighted by molar-refractivity contribution is -0.349. The first-order valence-corrected chi connectivity index (χ1v) is 21.0. The maximum Gasteiger partial charge on any atom is 0.335 e. The number of nitrogens with one attached hydrogen (secondary N) is 3. The molecule has 12 N–H and O–H groups in total. The van der Waals surface area contributed by atoms with Crippen LogP contribution in [0.25, 0.3) is 0 Å². The molecule has 0 saturated carbocycles. The van der Waals surface area contributed by atoms with Crippen LogP contribution in [0.15, 0.2) is 24.3 Å². The smallest absolute Gasteiger partial charge is 0.335 e. The van der Waals surface area contributed by atoms with Crippen LogP contribution in [0.5, 0.6) is 0 Å². The van der Waals surface area contributed by atoms with Gasteiger partial charge in [-0.3, -0.25) is 14.4 Å². The zero-order valence-electron chi connectivity index (χ0n) is 37.6. The molecule has 3 heterocycles. The lowest BCUT2D eigenvalue weighted by Crippen LogP contribution is -2.72. The maximum absolute atomic E-state index is 14.3. The van der Waals surface area contributed by atoms with E-state index in [0.717, 1.165) is 12.4 Å². The molecule has 0 bridgehead atoms. The number of anilines is 1.